The maximum absolute atomic E-state index is 10.7. The molecule has 0 radical (unpaired) electrons. The van der Waals surface area contributed by atoms with E-state index in [2.05, 4.69) is 5.32 Å². The Kier molecular flexibility index (Phi) is 6.64. The van der Waals surface area contributed by atoms with Crippen molar-refractivity contribution < 1.29 is 9.53 Å². The summed E-state index contributed by atoms with van der Waals surface area (Å²) < 4.78 is 4.70. The zero-order chi connectivity index (χ0) is 7.82. The molecule has 0 atom stereocenters. The minimum Gasteiger partial charge on any atom is -0.384 e. The summed E-state index contributed by atoms with van der Waals surface area (Å²) in [6.45, 7) is 0.998. The molecule has 1 amide bonds. The predicted molar refractivity (Wildman–Crippen MR) is 40.2 cm³/mol. The second-order valence-corrected chi connectivity index (χ2v) is 2.16. The van der Waals surface area contributed by atoms with Crippen molar-refractivity contribution in [2.45, 2.75) is 6.42 Å². The van der Waals surface area contributed by atoms with Crippen LogP contribution in [-0.2, 0) is 9.53 Å². The van der Waals surface area contributed by atoms with E-state index in [4.69, 9.17) is 16.3 Å². The van der Waals surface area contributed by atoms with Crippen LogP contribution >= 0.6 is 11.6 Å². The summed E-state index contributed by atoms with van der Waals surface area (Å²) in [6.07, 6.45) is 0.410. The zero-order valence-electron chi connectivity index (χ0n) is 6.02. The molecule has 60 valence electrons. The smallest absolute Gasteiger partial charge is 0.222 e. The summed E-state index contributed by atoms with van der Waals surface area (Å²) >= 11 is 5.33. The van der Waals surface area contributed by atoms with Gasteiger partial charge < -0.3 is 10.1 Å². The second kappa shape index (κ2) is 6.83. The molecule has 0 saturated carbocycles. The Morgan fingerprint density at radius 3 is 2.90 bits per heavy atom. The van der Waals surface area contributed by atoms with Crippen molar-refractivity contribution in [2.24, 2.45) is 0 Å². The first-order valence-electron chi connectivity index (χ1n) is 3.13. The maximum Gasteiger partial charge on any atom is 0.222 e. The third kappa shape index (κ3) is 5.85. The molecule has 0 aromatic rings. The average Bonchev–Trinajstić information content (AvgIpc) is 1.97. The Morgan fingerprint density at radius 2 is 2.40 bits per heavy atom. The van der Waals surface area contributed by atoms with Crippen LogP contribution in [0.2, 0.25) is 0 Å². The Labute approximate surface area is 65.7 Å². The van der Waals surface area contributed by atoms with Gasteiger partial charge in [-0.1, -0.05) is 0 Å². The van der Waals surface area contributed by atoms with Crippen molar-refractivity contribution in [3.05, 3.63) is 0 Å². The van der Waals surface area contributed by atoms with E-state index in [0.717, 1.165) is 0 Å². The van der Waals surface area contributed by atoms with E-state index >= 15 is 0 Å². The van der Waals surface area contributed by atoms with Gasteiger partial charge in [-0.3, -0.25) is 4.79 Å². The van der Waals surface area contributed by atoms with Crippen molar-refractivity contribution in [1.29, 1.82) is 0 Å². The monoisotopic (exact) mass is 165 g/mol. The maximum atomic E-state index is 10.7. The number of hydrogen-bond acceptors (Lipinski definition) is 2. The highest BCUT2D eigenvalue weighted by Crippen LogP contribution is 1.80. The van der Waals surface area contributed by atoms with Crippen LogP contribution in [0.25, 0.3) is 0 Å². The van der Waals surface area contributed by atoms with E-state index in [-0.39, 0.29) is 5.91 Å². The number of nitrogens with one attached hydrogen (secondary N) is 1. The van der Waals surface area contributed by atoms with Crippen LogP contribution in [0.1, 0.15) is 6.42 Å². The molecule has 0 aliphatic heterocycles. The van der Waals surface area contributed by atoms with E-state index in [1.807, 2.05) is 0 Å². The lowest BCUT2D eigenvalue weighted by atomic mass is 10.4. The molecule has 3 nitrogen and oxygen atoms in total. The van der Waals surface area contributed by atoms with Crippen LogP contribution in [-0.4, -0.2) is 32.0 Å². The fourth-order valence-electron chi connectivity index (χ4n) is 0.470. The van der Waals surface area contributed by atoms with Gasteiger partial charge in [-0.15, -0.1) is 11.6 Å². The van der Waals surface area contributed by atoms with E-state index in [0.29, 0.717) is 25.5 Å². The lowest BCUT2D eigenvalue weighted by Gasteiger charge is -2.00. The summed E-state index contributed by atoms with van der Waals surface area (Å²) in [7, 11) is 1.56. The van der Waals surface area contributed by atoms with Gasteiger partial charge in [0.15, 0.2) is 0 Å². The number of rotatable bonds is 5. The van der Waals surface area contributed by atoms with Gasteiger partial charge in [0.2, 0.25) is 5.91 Å². The molecule has 0 aromatic carbocycles. The minimum atomic E-state index is -0.0116. The van der Waals surface area contributed by atoms with Gasteiger partial charge in [0, 0.05) is 26.0 Å². The lowest BCUT2D eigenvalue weighted by Crippen LogP contribution is -2.25. The Bertz CT molecular complexity index is 87.7. The van der Waals surface area contributed by atoms with Gasteiger partial charge in [0.1, 0.15) is 0 Å². The number of carbonyl (C=O) groups excluding carboxylic acids is 1. The number of alkyl halides is 1. The topological polar surface area (TPSA) is 38.3 Å². The van der Waals surface area contributed by atoms with Crippen LogP contribution in [0.3, 0.4) is 0 Å². The number of ether oxygens (including phenoxy) is 1. The first-order chi connectivity index (χ1) is 4.81. The van der Waals surface area contributed by atoms with Crippen molar-refractivity contribution in [3.8, 4) is 0 Å². The fourth-order valence-corrected chi connectivity index (χ4v) is 0.564. The third-order valence-electron chi connectivity index (χ3n) is 0.950. The van der Waals surface area contributed by atoms with Crippen LogP contribution < -0.4 is 5.32 Å². The highest BCUT2D eigenvalue weighted by Gasteiger charge is 1.97. The molecule has 0 aliphatic carbocycles. The molecule has 0 bridgehead atoms. The molecular weight excluding hydrogens is 154 g/mol. The zero-order valence-corrected chi connectivity index (χ0v) is 6.78. The van der Waals surface area contributed by atoms with Crippen LogP contribution in [0, 0.1) is 0 Å². The van der Waals surface area contributed by atoms with Gasteiger partial charge in [-0.05, 0) is 0 Å². The predicted octanol–water partition coefficient (Wildman–Crippen LogP) is 0.378. The van der Waals surface area contributed by atoms with Gasteiger partial charge in [0.25, 0.3) is 0 Å². The Morgan fingerprint density at radius 1 is 1.70 bits per heavy atom. The Hall–Kier alpha value is -0.280. The van der Waals surface area contributed by atoms with Gasteiger partial charge in [-0.2, -0.15) is 0 Å². The van der Waals surface area contributed by atoms with Crippen molar-refractivity contribution >= 4 is 17.5 Å². The number of hydrogen-bond donors (Lipinski definition) is 1. The molecule has 0 fully saturated rings. The van der Waals surface area contributed by atoms with E-state index in [9.17, 15) is 4.79 Å². The average molecular weight is 166 g/mol. The van der Waals surface area contributed by atoms with E-state index in [1.54, 1.807) is 7.11 Å². The summed E-state index contributed by atoms with van der Waals surface area (Å²) in [5.74, 6) is 0.445. The first kappa shape index (κ1) is 9.72. The third-order valence-corrected chi connectivity index (χ3v) is 1.14. The number of carbonyl (C=O) groups is 1. The quantitative estimate of drug-likeness (QED) is 0.599. The van der Waals surface area contributed by atoms with Crippen molar-refractivity contribution in [1.82, 2.24) is 5.32 Å². The molecule has 0 unspecified atom stereocenters. The first-order valence-corrected chi connectivity index (χ1v) is 3.66. The van der Waals surface area contributed by atoms with Crippen LogP contribution in [0.15, 0.2) is 0 Å². The number of methoxy groups -OCH3 is 1. The summed E-state index contributed by atoms with van der Waals surface area (Å²) in [4.78, 5) is 10.7. The number of amides is 1. The van der Waals surface area contributed by atoms with Gasteiger partial charge >= 0.3 is 0 Å². The van der Waals surface area contributed by atoms with E-state index < -0.39 is 0 Å². The highest BCUT2D eigenvalue weighted by molar-refractivity contribution is 6.18. The molecule has 0 heterocycles. The standard InChI is InChI=1S/C6H12ClNO2/c1-10-5-2-6(9)8-4-3-7/h2-5H2,1H3,(H,8,9). The minimum absolute atomic E-state index is 0.0116. The van der Waals surface area contributed by atoms with Crippen LogP contribution in [0.5, 0.6) is 0 Å². The number of halogens is 1. The molecule has 0 rings (SSSR count). The second-order valence-electron chi connectivity index (χ2n) is 1.78. The van der Waals surface area contributed by atoms with Crippen LogP contribution in [0.4, 0.5) is 0 Å². The molecule has 0 aromatic heterocycles. The molecule has 0 spiro atoms. The summed E-state index contributed by atoms with van der Waals surface area (Å²) in [5.41, 5.74) is 0. The largest absolute Gasteiger partial charge is 0.384 e. The molecule has 0 saturated heterocycles. The molecular formula is C6H12ClNO2. The molecule has 10 heavy (non-hydrogen) atoms. The Balaban J connectivity index is 3.09. The summed E-state index contributed by atoms with van der Waals surface area (Å²) in [6, 6.07) is 0. The molecule has 1 N–H and O–H groups in total. The summed E-state index contributed by atoms with van der Waals surface area (Å²) in [5, 5.41) is 2.62. The van der Waals surface area contributed by atoms with Crippen molar-refractivity contribution in [3.63, 3.8) is 0 Å². The van der Waals surface area contributed by atoms with E-state index in [1.165, 1.54) is 0 Å². The van der Waals surface area contributed by atoms with Crippen molar-refractivity contribution in [2.75, 3.05) is 26.1 Å². The normalized spacial score (nSPS) is 9.40. The van der Waals surface area contributed by atoms with Gasteiger partial charge in [0.05, 0.1) is 6.61 Å². The SMILES string of the molecule is COCCC(=O)NCCCl. The lowest BCUT2D eigenvalue weighted by molar-refractivity contribution is -0.121. The molecule has 0 aliphatic rings. The fraction of sp³-hybridized carbons (Fsp3) is 0.833. The highest BCUT2D eigenvalue weighted by atomic mass is 35.5. The molecule has 4 heteroatoms. The van der Waals surface area contributed by atoms with Gasteiger partial charge in [-0.25, -0.2) is 0 Å².